The van der Waals surface area contributed by atoms with Crippen LogP contribution < -0.4 is 20.9 Å². The topological polar surface area (TPSA) is 151 Å². The number of carbonyl (C=O) groups is 3. The summed E-state index contributed by atoms with van der Waals surface area (Å²) >= 11 is 0. The second-order valence-corrected chi connectivity index (χ2v) is 8.09. The molecule has 5 N–H and O–H groups in total. The summed E-state index contributed by atoms with van der Waals surface area (Å²) in [6.07, 6.45) is 0.00917. The third-order valence-corrected chi connectivity index (χ3v) is 5.89. The molecule has 3 aromatic rings. The molecule has 1 unspecified atom stereocenters. The second kappa shape index (κ2) is 7.89. The molecular formula is C25H20N2O7. The number of phenolic OH excluding ortho intramolecular Hbond substituents is 1. The maximum Gasteiger partial charge on any atom is 0.340 e. The summed E-state index contributed by atoms with van der Waals surface area (Å²) in [5, 5.41) is 10.0. The van der Waals surface area contributed by atoms with E-state index in [2.05, 4.69) is 0 Å². The third-order valence-electron chi connectivity index (χ3n) is 5.89. The molecule has 0 saturated carbocycles. The average molecular weight is 460 g/mol. The first-order valence-electron chi connectivity index (χ1n) is 10.5. The Kier molecular flexibility index (Phi) is 4.98. The van der Waals surface area contributed by atoms with Crippen molar-refractivity contribution in [2.75, 3.05) is 0 Å². The zero-order chi connectivity index (χ0) is 24.0. The Morgan fingerprint density at radius 2 is 1.71 bits per heavy atom. The fourth-order valence-corrected chi connectivity index (χ4v) is 4.32. The number of phenols is 1. The molecule has 172 valence electrons. The van der Waals surface area contributed by atoms with Gasteiger partial charge in [-0.25, -0.2) is 9.59 Å². The van der Waals surface area contributed by atoms with Crippen LogP contribution in [0.25, 0.3) is 0 Å². The molecule has 5 rings (SSSR count). The van der Waals surface area contributed by atoms with Gasteiger partial charge < -0.3 is 30.8 Å². The highest BCUT2D eigenvalue weighted by molar-refractivity contribution is 5.97. The van der Waals surface area contributed by atoms with Crippen molar-refractivity contribution in [3.63, 3.8) is 0 Å². The van der Waals surface area contributed by atoms with Crippen molar-refractivity contribution in [2.24, 2.45) is 11.5 Å². The first kappa shape index (κ1) is 21.5. The van der Waals surface area contributed by atoms with Gasteiger partial charge in [0.25, 0.3) is 0 Å². The van der Waals surface area contributed by atoms with Crippen LogP contribution in [0.5, 0.6) is 23.0 Å². The maximum atomic E-state index is 12.8. The van der Waals surface area contributed by atoms with Gasteiger partial charge in [0.15, 0.2) is 5.60 Å². The van der Waals surface area contributed by atoms with Crippen LogP contribution in [0, 0.1) is 0 Å². The first-order valence-corrected chi connectivity index (χ1v) is 10.5. The number of hydrogen-bond donors (Lipinski definition) is 3. The van der Waals surface area contributed by atoms with Gasteiger partial charge in [-0.3, -0.25) is 4.79 Å². The first-order chi connectivity index (χ1) is 16.3. The number of esters is 2. The average Bonchev–Trinajstić information content (AvgIpc) is 3.10. The smallest absolute Gasteiger partial charge is 0.340 e. The SMILES string of the molecule is NC(=O)CC[C@H](N)C(=O)Oc1ccc2c(c1)Oc1cc(O)ccc1C21OC(=O)c2ccccc21. The number of benzene rings is 3. The van der Waals surface area contributed by atoms with Gasteiger partial charge in [-0.2, -0.15) is 0 Å². The van der Waals surface area contributed by atoms with E-state index in [1.54, 1.807) is 42.5 Å². The molecule has 34 heavy (non-hydrogen) atoms. The Bertz CT molecular complexity index is 1350. The van der Waals surface area contributed by atoms with Crippen molar-refractivity contribution in [2.45, 2.75) is 24.5 Å². The fraction of sp³-hybridized carbons (Fsp3) is 0.160. The van der Waals surface area contributed by atoms with Crippen LogP contribution in [0.15, 0.2) is 60.7 Å². The maximum absolute atomic E-state index is 12.8. The van der Waals surface area contributed by atoms with Gasteiger partial charge in [0.05, 0.1) is 5.56 Å². The lowest BCUT2D eigenvalue weighted by Crippen LogP contribution is -2.35. The Morgan fingerprint density at radius 3 is 2.47 bits per heavy atom. The molecule has 0 fully saturated rings. The van der Waals surface area contributed by atoms with E-state index in [1.807, 2.05) is 0 Å². The number of primary amides is 1. The van der Waals surface area contributed by atoms with Crippen molar-refractivity contribution in [3.05, 3.63) is 82.9 Å². The highest BCUT2D eigenvalue weighted by Crippen LogP contribution is 2.56. The van der Waals surface area contributed by atoms with E-state index in [9.17, 15) is 19.5 Å². The van der Waals surface area contributed by atoms with Crippen LogP contribution in [-0.4, -0.2) is 29.0 Å². The van der Waals surface area contributed by atoms with Crippen LogP contribution >= 0.6 is 0 Å². The molecule has 0 aromatic heterocycles. The van der Waals surface area contributed by atoms with E-state index in [0.717, 1.165) is 0 Å². The summed E-state index contributed by atoms with van der Waals surface area (Å²) in [7, 11) is 0. The van der Waals surface area contributed by atoms with Gasteiger partial charge >= 0.3 is 11.9 Å². The quantitative estimate of drug-likeness (QED) is 0.388. The van der Waals surface area contributed by atoms with Crippen molar-refractivity contribution >= 4 is 17.8 Å². The summed E-state index contributed by atoms with van der Waals surface area (Å²) in [6.45, 7) is 0. The summed E-state index contributed by atoms with van der Waals surface area (Å²) in [4.78, 5) is 36.1. The molecule has 0 bridgehead atoms. The van der Waals surface area contributed by atoms with Gasteiger partial charge in [0.2, 0.25) is 5.91 Å². The highest BCUT2D eigenvalue weighted by Gasteiger charge is 2.53. The Labute approximate surface area is 193 Å². The molecule has 9 heteroatoms. The molecule has 1 spiro atoms. The summed E-state index contributed by atoms with van der Waals surface area (Å²) in [5.74, 6) is -1.10. The van der Waals surface area contributed by atoms with E-state index in [-0.39, 0.29) is 30.1 Å². The van der Waals surface area contributed by atoms with Gasteiger partial charge in [-0.15, -0.1) is 0 Å². The lowest BCUT2D eigenvalue weighted by atomic mass is 9.77. The Morgan fingerprint density at radius 1 is 1.00 bits per heavy atom. The number of hydrogen-bond acceptors (Lipinski definition) is 8. The van der Waals surface area contributed by atoms with Gasteiger partial charge in [0, 0.05) is 35.2 Å². The van der Waals surface area contributed by atoms with Crippen molar-refractivity contribution in [1.29, 1.82) is 0 Å². The monoisotopic (exact) mass is 460 g/mol. The van der Waals surface area contributed by atoms with Crippen molar-refractivity contribution in [3.8, 4) is 23.0 Å². The van der Waals surface area contributed by atoms with E-state index in [4.69, 9.17) is 25.7 Å². The lowest BCUT2D eigenvalue weighted by Gasteiger charge is -2.36. The van der Waals surface area contributed by atoms with Crippen LogP contribution in [0.4, 0.5) is 0 Å². The minimum absolute atomic E-state index is 0.0297. The predicted molar refractivity (Wildman–Crippen MR) is 118 cm³/mol. The molecule has 2 atom stereocenters. The molecule has 2 aliphatic heterocycles. The van der Waals surface area contributed by atoms with E-state index >= 15 is 0 Å². The molecule has 0 radical (unpaired) electrons. The molecule has 3 aromatic carbocycles. The number of nitrogens with two attached hydrogens (primary N) is 2. The second-order valence-electron chi connectivity index (χ2n) is 8.09. The van der Waals surface area contributed by atoms with Gasteiger partial charge in [-0.05, 0) is 36.8 Å². The van der Waals surface area contributed by atoms with Gasteiger partial charge in [-0.1, -0.05) is 18.2 Å². The number of rotatable bonds is 5. The van der Waals surface area contributed by atoms with Crippen molar-refractivity contribution in [1.82, 2.24) is 0 Å². The molecule has 0 saturated heterocycles. The standard InChI is InChI=1S/C25H20N2O7/c26-19(9-10-22(27)29)24(31)32-14-6-8-18-21(12-14)33-20-11-13(28)5-7-17(20)25(18)16-4-2-1-3-15(16)23(30)34-25/h1-8,11-12,19,28H,9-10,26H2,(H2,27,29)/t19-,25?/m0/s1. The Hall–Kier alpha value is -4.37. The zero-order valence-corrected chi connectivity index (χ0v) is 17.8. The van der Waals surface area contributed by atoms with Crippen LogP contribution in [0.1, 0.15) is 39.9 Å². The summed E-state index contributed by atoms with van der Waals surface area (Å²) < 4.78 is 17.4. The molecule has 9 nitrogen and oxygen atoms in total. The van der Waals surface area contributed by atoms with E-state index in [0.29, 0.717) is 28.0 Å². The van der Waals surface area contributed by atoms with Gasteiger partial charge in [0.1, 0.15) is 29.0 Å². The highest BCUT2D eigenvalue weighted by atomic mass is 16.6. The minimum atomic E-state index is -1.30. The lowest BCUT2D eigenvalue weighted by molar-refractivity contribution is -0.136. The number of aromatic hydroxyl groups is 1. The predicted octanol–water partition coefficient (Wildman–Crippen LogP) is 2.46. The summed E-state index contributed by atoms with van der Waals surface area (Å²) in [6, 6.07) is 15.3. The van der Waals surface area contributed by atoms with E-state index < -0.39 is 29.5 Å². The minimum Gasteiger partial charge on any atom is -0.508 e. The number of amides is 1. The molecule has 0 aliphatic carbocycles. The van der Waals surface area contributed by atoms with Crippen LogP contribution in [0.3, 0.4) is 0 Å². The normalized spacial score (nSPS) is 18.2. The molecule has 2 aliphatic rings. The number of ether oxygens (including phenoxy) is 3. The van der Waals surface area contributed by atoms with E-state index in [1.165, 1.54) is 18.2 Å². The Balaban J connectivity index is 1.57. The fourth-order valence-electron chi connectivity index (χ4n) is 4.32. The third kappa shape index (κ3) is 3.34. The van der Waals surface area contributed by atoms with Crippen LogP contribution in [-0.2, 0) is 19.9 Å². The molecule has 2 heterocycles. The number of carbonyl (C=O) groups excluding carboxylic acids is 3. The summed E-state index contributed by atoms with van der Waals surface area (Å²) in [5.41, 5.74) is 11.7. The molecular weight excluding hydrogens is 440 g/mol. The molecule has 1 amide bonds. The largest absolute Gasteiger partial charge is 0.508 e. The number of fused-ring (bicyclic) bond motifs is 6. The van der Waals surface area contributed by atoms with Crippen LogP contribution in [0.2, 0.25) is 0 Å². The zero-order valence-electron chi connectivity index (χ0n) is 17.8. The van der Waals surface area contributed by atoms with Crippen molar-refractivity contribution < 1.29 is 33.7 Å².